The second-order valence-electron chi connectivity index (χ2n) is 3.75. The summed E-state index contributed by atoms with van der Waals surface area (Å²) in [5.74, 6) is -2.74. The van der Waals surface area contributed by atoms with E-state index in [2.05, 4.69) is 0 Å². The molecule has 102 valence electrons. The molecule has 1 atom stereocenters. The fourth-order valence-corrected chi connectivity index (χ4v) is 1.63. The number of benzene rings is 1. The highest BCUT2D eigenvalue weighted by molar-refractivity contribution is 5.76. The van der Waals surface area contributed by atoms with E-state index < -0.39 is 28.7 Å². The number of aliphatic hydroxyl groups excluding tert-OH is 1. The number of rotatable bonds is 6. The maximum atomic E-state index is 11.0. The van der Waals surface area contributed by atoms with Crippen molar-refractivity contribution in [3.8, 4) is 0 Å². The van der Waals surface area contributed by atoms with Gasteiger partial charge in [0.2, 0.25) is 0 Å². The molecule has 3 N–H and O–H groups in total. The van der Waals surface area contributed by atoms with E-state index in [0.717, 1.165) is 6.07 Å². The Kier molecular flexibility index (Phi) is 4.54. The number of carboxylic acid groups (broad SMARTS) is 2. The molecule has 0 fully saturated rings. The predicted molar refractivity (Wildman–Crippen MR) is 61.6 cm³/mol. The second kappa shape index (κ2) is 5.91. The molecule has 0 amide bonds. The summed E-state index contributed by atoms with van der Waals surface area (Å²) in [5.41, 5.74) is -0.843. The van der Waals surface area contributed by atoms with Crippen LogP contribution in [0.2, 0.25) is 0 Å². The van der Waals surface area contributed by atoms with Gasteiger partial charge in [-0.3, -0.25) is 14.9 Å². The fraction of sp³-hybridized carbons (Fsp3) is 0.273. The highest BCUT2D eigenvalue weighted by Crippen LogP contribution is 2.30. The quantitative estimate of drug-likeness (QED) is 0.511. The minimum Gasteiger partial charge on any atom is -0.481 e. The zero-order valence-corrected chi connectivity index (χ0v) is 9.65. The van der Waals surface area contributed by atoms with Crippen molar-refractivity contribution in [2.75, 3.05) is 0 Å². The van der Waals surface area contributed by atoms with Crippen LogP contribution in [0.3, 0.4) is 0 Å². The summed E-state index contributed by atoms with van der Waals surface area (Å²) >= 11 is 0. The highest BCUT2D eigenvalue weighted by Gasteiger charge is 2.28. The number of para-hydroxylation sites is 1. The fourth-order valence-electron chi connectivity index (χ4n) is 1.63. The van der Waals surface area contributed by atoms with E-state index in [1.807, 2.05) is 0 Å². The van der Waals surface area contributed by atoms with E-state index in [9.17, 15) is 24.8 Å². The largest absolute Gasteiger partial charge is 0.481 e. The lowest BCUT2D eigenvalue weighted by molar-refractivity contribution is -0.386. The summed E-state index contributed by atoms with van der Waals surface area (Å²) < 4.78 is 0. The lowest BCUT2D eigenvalue weighted by atomic mass is 9.99. The summed E-state index contributed by atoms with van der Waals surface area (Å²) in [5, 5.41) is 37.6. The Labute approximate surface area is 107 Å². The third-order valence-electron chi connectivity index (χ3n) is 2.47. The van der Waals surface area contributed by atoms with E-state index in [0.29, 0.717) is 0 Å². The number of aliphatic hydroxyl groups is 1. The van der Waals surface area contributed by atoms with Crippen LogP contribution in [0.15, 0.2) is 18.2 Å². The molecule has 0 spiro atoms. The van der Waals surface area contributed by atoms with Crippen molar-refractivity contribution in [3.05, 3.63) is 39.4 Å². The smallest absolute Gasteiger partial charge is 0.337 e. The third kappa shape index (κ3) is 3.49. The summed E-state index contributed by atoms with van der Waals surface area (Å²) in [6.07, 6.45) is -2.47. The monoisotopic (exact) mass is 269 g/mol. The van der Waals surface area contributed by atoms with Crippen LogP contribution in [0.1, 0.15) is 23.7 Å². The Hall–Kier alpha value is -2.48. The number of aliphatic carboxylic acids is 2. The van der Waals surface area contributed by atoms with Crippen LogP contribution in [0.25, 0.3) is 0 Å². The first-order valence-electron chi connectivity index (χ1n) is 5.23. The average molecular weight is 269 g/mol. The Balaban J connectivity index is 3.25. The van der Waals surface area contributed by atoms with E-state index in [1.54, 1.807) is 0 Å². The van der Waals surface area contributed by atoms with E-state index in [-0.39, 0.29) is 24.0 Å². The van der Waals surface area contributed by atoms with Crippen LogP contribution >= 0.6 is 0 Å². The minimum atomic E-state index is -2.02. The molecule has 0 aliphatic carbocycles. The van der Waals surface area contributed by atoms with Crippen LogP contribution < -0.4 is 0 Å². The SMILES string of the molecule is O=C(O)CCc1cccc(C(O)C(=O)O)c1[N+](=O)[O-]. The number of aryl methyl sites for hydroxylation is 1. The van der Waals surface area contributed by atoms with Gasteiger partial charge in [-0.1, -0.05) is 12.1 Å². The number of hydrogen-bond acceptors (Lipinski definition) is 5. The zero-order valence-electron chi connectivity index (χ0n) is 9.65. The molecule has 0 bridgehead atoms. The van der Waals surface area contributed by atoms with E-state index >= 15 is 0 Å². The Morgan fingerprint density at radius 1 is 1.32 bits per heavy atom. The van der Waals surface area contributed by atoms with Gasteiger partial charge >= 0.3 is 11.9 Å². The van der Waals surface area contributed by atoms with Crippen LogP contribution in [0.5, 0.6) is 0 Å². The number of nitro benzene ring substituents is 1. The van der Waals surface area contributed by atoms with Crippen LogP contribution in [0.4, 0.5) is 5.69 Å². The molecule has 0 aromatic heterocycles. The molecule has 19 heavy (non-hydrogen) atoms. The Morgan fingerprint density at radius 3 is 2.42 bits per heavy atom. The molecule has 0 saturated heterocycles. The zero-order chi connectivity index (χ0) is 14.6. The molecule has 8 heteroatoms. The first-order valence-corrected chi connectivity index (χ1v) is 5.23. The van der Waals surface area contributed by atoms with Crippen molar-refractivity contribution in [1.82, 2.24) is 0 Å². The van der Waals surface area contributed by atoms with Crippen LogP contribution in [0, 0.1) is 10.1 Å². The number of hydrogen-bond donors (Lipinski definition) is 3. The van der Waals surface area contributed by atoms with Gasteiger partial charge < -0.3 is 15.3 Å². The van der Waals surface area contributed by atoms with Crippen LogP contribution in [-0.2, 0) is 16.0 Å². The second-order valence-corrected chi connectivity index (χ2v) is 3.75. The van der Waals surface area contributed by atoms with Crippen molar-refractivity contribution < 1.29 is 29.8 Å². The van der Waals surface area contributed by atoms with Crippen molar-refractivity contribution >= 4 is 17.6 Å². The number of carboxylic acids is 2. The number of nitrogens with zero attached hydrogens (tertiary/aromatic N) is 1. The Bertz CT molecular complexity index is 526. The van der Waals surface area contributed by atoms with Gasteiger partial charge in [-0.15, -0.1) is 0 Å². The van der Waals surface area contributed by atoms with E-state index in [4.69, 9.17) is 10.2 Å². The standard InChI is InChI=1S/C11H11NO7/c13-8(14)5-4-6-2-1-3-7(9(6)12(18)19)10(15)11(16)17/h1-3,10,15H,4-5H2,(H,13,14)(H,16,17). The predicted octanol–water partition coefficient (Wildman–Crippen LogP) is 0.730. The van der Waals surface area contributed by atoms with Gasteiger partial charge in [0.25, 0.3) is 5.69 Å². The number of nitro groups is 1. The topological polar surface area (TPSA) is 138 Å². The Morgan fingerprint density at radius 2 is 1.95 bits per heavy atom. The molecular weight excluding hydrogens is 258 g/mol. The summed E-state index contributed by atoms with van der Waals surface area (Å²) in [7, 11) is 0. The van der Waals surface area contributed by atoms with E-state index in [1.165, 1.54) is 12.1 Å². The maximum Gasteiger partial charge on any atom is 0.337 e. The maximum absolute atomic E-state index is 11.0. The molecule has 0 saturated carbocycles. The van der Waals surface area contributed by atoms with Crippen molar-refractivity contribution in [2.45, 2.75) is 18.9 Å². The molecule has 1 rings (SSSR count). The third-order valence-corrected chi connectivity index (χ3v) is 2.47. The molecule has 0 aliphatic rings. The first-order chi connectivity index (χ1) is 8.84. The minimum absolute atomic E-state index is 0.0743. The lowest BCUT2D eigenvalue weighted by Gasteiger charge is -2.09. The molecular formula is C11H11NO7. The van der Waals surface area contributed by atoms with Crippen molar-refractivity contribution in [3.63, 3.8) is 0 Å². The lowest BCUT2D eigenvalue weighted by Crippen LogP contribution is -2.13. The molecule has 0 aliphatic heterocycles. The first kappa shape index (κ1) is 14.6. The summed E-state index contributed by atoms with van der Waals surface area (Å²) in [6.45, 7) is 0. The molecule has 1 aromatic carbocycles. The van der Waals surface area contributed by atoms with Gasteiger partial charge in [0.15, 0.2) is 6.10 Å². The molecule has 1 unspecified atom stereocenters. The van der Waals surface area contributed by atoms with Gasteiger partial charge in [-0.05, 0) is 12.5 Å². The summed E-state index contributed by atoms with van der Waals surface area (Å²) in [4.78, 5) is 31.3. The number of carbonyl (C=O) groups is 2. The van der Waals surface area contributed by atoms with Gasteiger partial charge in [-0.25, -0.2) is 4.79 Å². The van der Waals surface area contributed by atoms with Gasteiger partial charge in [0.1, 0.15) is 0 Å². The molecule has 0 radical (unpaired) electrons. The van der Waals surface area contributed by atoms with Gasteiger partial charge in [-0.2, -0.15) is 0 Å². The normalized spacial score (nSPS) is 11.8. The van der Waals surface area contributed by atoms with Crippen LogP contribution in [-0.4, -0.2) is 32.2 Å². The summed E-state index contributed by atoms with van der Waals surface area (Å²) in [6, 6.07) is 3.80. The molecule has 0 heterocycles. The van der Waals surface area contributed by atoms with Gasteiger partial charge in [0, 0.05) is 12.0 Å². The molecule has 1 aromatic rings. The highest BCUT2D eigenvalue weighted by atomic mass is 16.6. The average Bonchev–Trinajstić information content (AvgIpc) is 2.34. The van der Waals surface area contributed by atoms with Crippen molar-refractivity contribution in [1.29, 1.82) is 0 Å². The van der Waals surface area contributed by atoms with Crippen molar-refractivity contribution in [2.24, 2.45) is 0 Å². The van der Waals surface area contributed by atoms with Gasteiger partial charge in [0.05, 0.1) is 10.5 Å². The molecule has 8 nitrogen and oxygen atoms in total.